The number of nitrogens with one attached hydrogen (secondary N) is 1. The van der Waals surface area contributed by atoms with E-state index in [1.807, 2.05) is 6.07 Å². The van der Waals surface area contributed by atoms with Gasteiger partial charge < -0.3 is 30.0 Å². The number of piperazine rings is 1. The molecule has 0 spiro atoms. The van der Waals surface area contributed by atoms with Crippen molar-refractivity contribution in [3.05, 3.63) is 64.7 Å². The maximum Gasteiger partial charge on any atom is 0.228 e. The zero-order valence-electron chi connectivity index (χ0n) is 19.2. The number of nitrogens with zero attached hydrogens (tertiary/aromatic N) is 3. The molecule has 3 heterocycles. The summed E-state index contributed by atoms with van der Waals surface area (Å²) in [7, 11) is 0. The van der Waals surface area contributed by atoms with E-state index in [4.69, 9.17) is 11.6 Å². The van der Waals surface area contributed by atoms with Gasteiger partial charge in [-0.2, -0.15) is 4.37 Å². The molecule has 11 heteroatoms. The molecule has 1 N–H and O–H groups in total. The third kappa shape index (κ3) is 6.39. The molecule has 0 aliphatic carbocycles. The number of aliphatic carboxylic acids is 2. The highest BCUT2D eigenvalue weighted by Gasteiger charge is 2.22. The van der Waals surface area contributed by atoms with Crippen molar-refractivity contribution in [2.75, 3.05) is 42.9 Å². The minimum absolute atomic E-state index is 0.0499. The molecule has 2 aliphatic rings. The van der Waals surface area contributed by atoms with E-state index in [2.05, 4.69) is 49.8 Å². The summed E-state index contributed by atoms with van der Waals surface area (Å²) in [5, 5.41) is 23.7. The number of benzene rings is 2. The number of carbonyl (C=O) groups is 3. The standard InChI is InChI=1S/C21H21ClN4OS.C4H4O4/c22-17-13-18-15(12-20(27)23-18)11-14(17)5-6-25-7-9-26(10-8-25)21-16-3-1-2-4-19(16)28-24-21;5-3(6)1-2-4(7)8/h1-4,11,13H,5-10,12H2,(H,23,27);1-2H,(H,5,6)(H,7,8)/p-2/b;2-1-. The summed E-state index contributed by atoms with van der Waals surface area (Å²) in [5.41, 5.74) is 3.05. The molecule has 0 saturated carbocycles. The highest BCUT2D eigenvalue weighted by atomic mass is 35.5. The van der Waals surface area contributed by atoms with Crippen LogP contribution in [0.2, 0.25) is 5.02 Å². The zero-order valence-corrected chi connectivity index (χ0v) is 20.8. The largest absolute Gasteiger partial charge is 0.545 e. The van der Waals surface area contributed by atoms with Gasteiger partial charge in [0, 0.05) is 48.8 Å². The second-order valence-corrected chi connectivity index (χ2v) is 9.59. The molecule has 0 radical (unpaired) electrons. The van der Waals surface area contributed by atoms with Crippen molar-refractivity contribution in [1.29, 1.82) is 0 Å². The maximum absolute atomic E-state index is 11.6. The SMILES string of the molecule is O=C([O-])/C=C\C(=O)[O-].O=C1Cc2cc(CCN3CCN(c4nsc5ccccc45)CC3)c(Cl)cc2N1. The summed E-state index contributed by atoms with van der Waals surface area (Å²) in [6.45, 7) is 5.00. The third-order valence-corrected chi connectivity index (χ3v) is 7.15. The number of halogens is 1. The number of hydrogen-bond donors (Lipinski definition) is 1. The lowest BCUT2D eigenvalue weighted by molar-refractivity contribution is -0.301. The number of carboxylic acid groups (broad SMARTS) is 2. The molecule has 36 heavy (non-hydrogen) atoms. The summed E-state index contributed by atoms with van der Waals surface area (Å²) in [6.07, 6.45) is 2.13. The van der Waals surface area contributed by atoms with Gasteiger partial charge in [-0.15, -0.1) is 0 Å². The van der Waals surface area contributed by atoms with Crippen molar-refractivity contribution in [1.82, 2.24) is 9.27 Å². The fraction of sp³-hybridized carbons (Fsp3) is 0.280. The van der Waals surface area contributed by atoms with Crippen LogP contribution in [0.5, 0.6) is 0 Å². The number of hydrogen-bond acceptors (Lipinski definition) is 9. The van der Waals surface area contributed by atoms with Crippen LogP contribution in [0.15, 0.2) is 48.6 Å². The first kappa shape index (κ1) is 25.6. The summed E-state index contributed by atoms with van der Waals surface area (Å²) >= 11 is 8.01. The second kappa shape index (κ2) is 11.5. The number of carboxylic acids is 2. The van der Waals surface area contributed by atoms with Gasteiger partial charge in [-0.25, -0.2) is 0 Å². The van der Waals surface area contributed by atoms with E-state index in [0.29, 0.717) is 18.6 Å². The molecular formula is C25H23ClN4O5S-2. The third-order valence-electron chi connectivity index (χ3n) is 5.98. The van der Waals surface area contributed by atoms with Gasteiger partial charge in [0.2, 0.25) is 5.91 Å². The Morgan fingerprint density at radius 2 is 1.78 bits per heavy atom. The van der Waals surface area contributed by atoms with Crippen LogP contribution in [0.3, 0.4) is 0 Å². The first-order valence-electron chi connectivity index (χ1n) is 11.3. The van der Waals surface area contributed by atoms with Gasteiger partial charge in [0.1, 0.15) is 5.82 Å². The van der Waals surface area contributed by atoms with Crippen LogP contribution in [-0.4, -0.2) is 59.8 Å². The summed E-state index contributed by atoms with van der Waals surface area (Å²) in [5.74, 6) is -1.92. The van der Waals surface area contributed by atoms with Gasteiger partial charge in [-0.05, 0) is 59.4 Å². The first-order chi connectivity index (χ1) is 17.3. The molecule has 0 unspecified atom stereocenters. The highest BCUT2D eigenvalue weighted by Crippen LogP contribution is 2.31. The van der Waals surface area contributed by atoms with Gasteiger partial charge in [-0.3, -0.25) is 9.69 Å². The van der Waals surface area contributed by atoms with Crippen LogP contribution in [-0.2, 0) is 27.2 Å². The minimum atomic E-state index is -1.55. The van der Waals surface area contributed by atoms with E-state index in [-0.39, 0.29) is 5.91 Å². The Hall–Kier alpha value is -3.47. The quantitative estimate of drug-likeness (QED) is 0.468. The molecule has 3 aromatic rings. The van der Waals surface area contributed by atoms with Crippen LogP contribution >= 0.6 is 23.1 Å². The smallest absolute Gasteiger partial charge is 0.228 e. The average Bonchev–Trinajstić information content (AvgIpc) is 3.44. The van der Waals surface area contributed by atoms with Gasteiger partial charge in [-0.1, -0.05) is 29.8 Å². The Labute approximate surface area is 216 Å². The van der Waals surface area contributed by atoms with E-state index in [1.165, 1.54) is 10.1 Å². The van der Waals surface area contributed by atoms with Crippen molar-refractivity contribution in [3.8, 4) is 0 Å². The molecule has 1 amide bonds. The molecule has 1 fully saturated rings. The predicted octanol–water partition coefficient (Wildman–Crippen LogP) is 0.851. The summed E-state index contributed by atoms with van der Waals surface area (Å²) < 4.78 is 5.94. The minimum Gasteiger partial charge on any atom is -0.545 e. The van der Waals surface area contributed by atoms with Crippen molar-refractivity contribution in [2.45, 2.75) is 12.8 Å². The lowest BCUT2D eigenvalue weighted by Crippen LogP contribution is -2.47. The topological polar surface area (TPSA) is 129 Å². The van der Waals surface area contributed by atoms with Gasteiger partial charge >= 0.3 is 0 Å². The first-order valence-corrected chi connectivity index (χ1v) is 12.5. The number of anilines is 2. The van der Waals surface area contributed by atoms with Crippen LogP contribution in [0.25, 0.3) is 10.1 Å². The predicted molar refractivity (Wildman–Crippen MR) is 135 cm³/mol. The molecule has 2 aliphatic heterocycles. The van der Waals surface area contributed by atoms with E-state index >= 15 is 0 Å². The number of fused-ring (bicyclic) bond motifs is 2. The Kier molecular flexibility index (Phi) is 8.19. The molecule has 1 aromatic heterocycles. The van der Waals surface area contributed by atoms with E-state index < -0.39 is 11.9 Å². The lowest BCUT2D eigenvalue weighted by Gasteiger charge is -2.35. The number of aromatic nitrogens is 1. The number of carbonyl (C=O) groups excluding carboxylic acids is 3. The molecule has 0 atom stereocenters. The molecule has 1 saturated heterocycles. The molecule has 5 rings (SSSR count). The van der Waals surface area contributed by atoms with Crippen molar-refractivity contribution >= 4 is 62.6 Å². The van der Waals surface area contributed by atoms with Gasteiger partial charge in [0.15, 0.2) is 0 Å². The van der Waals surface area contributed by atoms with Crippen LogP contribution in [0, 0.1) is 0 Å². The highest BCUT2D eigenvalue weighted by molar-refractivity contribution is 7.13. The Bertz CT molecular complexity index is 1300. The van der Waals surface area contributed by atoms with Crippen LogP contribution in [0.4, 0.5) is 11.5 Å². The Morgan fingerprint density at radius 1 is 1.08 bits per heavy atom. The van der Waals surface area contributed by atoms with Crippen molar-refractivity contribution in [2.24, 2.45) is 0 Å². The molecule has 9 nitrogen and oxygen atoms in total. The molecule has 188 valence electrons. The molecular weight excluding hydrogens is 504 g/mol. The van der Waals surface area contributed by atoms with Crippen LogP contribution in [0.1, 0.15) is 11.1 Å². The van der Waals surface area contributed by atoms with Crippen molar-refractivity contribution < 1.29 is 24.6 Å². The Balaban J connectivity index is 0.000000331. The average molecular weight is 527 g/mol. The normalized spacial score (nSPS) is 15.5. The maximum atomic E-state index is 11.6. The molecule has 2 aromatic carbocycles. The number of amides is 1. The van der Waals surface area contributed by atoms with Gasteiger partial charge in [0.25, 0.3) is 0 Å². The van der Waals surface area contributed by atoms with E-state index in [0.717, 1.165) is 66.8 Å². The summed E-state index contributed by atoms with van der Waals surface area (Å²) in [6, 6.07) is 12.4. The van der Waals surface area contributed by atoms with Gasteiger partial charge in [0.05, 0.1) is 23.1 Å². The van der Waals surface area contributed by atoms with E-state index in [9.17, 15) is 24.6 Å². The van der Waals surface area contributed by atoms with E-state index in [1.54, 1.807) is 11.5 Å². The Morgan fingerprint density at radius 3 is 2.47 bits per heavy atom. The molecule has 0 bridgehead atoms. The summed E-state index contributed by atoms with van der Waals surface area (Å²) in [4.78, 5) is 35.3. The van der Waals surface area contributed by atoms with Crippen LogP contribution < -0.4 is 20.4 Å². The monoisotopic (exact) mass is 526 g/mol. The van der Waals surface area contributed by atoms with Crippen molar-refractivity contribution in [3.63, 3.8) is 0 Å². The fourth-order valence-electron chi connectivity index (χ4n) is 4.19. The second-order valence-electron chi connectivity index (χ2n) is 8.38. The fourth-order valence-corrected chi connectivity index (χ4v) is 5.24. The number of rotatable bonds is 6. The zero-order chi connectivity index (χ0) is 25.7. The lowest BCUT2D eigenvalue weighted by atomic mass is 10.1.